The number of carbonyl (C=O) groups is 2. The first-order chi connectivity index (χ1) is 9.98. The molecule has 0 aromatic rings. The molecule has 2 fully saturated rings. The number of hydrogen-bond donors (Lipinski definition) is 3. The number of rotatable bonds is 8. The zero-order chi connectivity index (χ0) is 15.5. The normalized spacial score (nSPS) is 26.0. The fourth-order valence-electron chi connectivity index (χ4n) is 3.01. The largest absolute Gasteiger partial charge is 0.480 e. The zero-order valence-corrected chi connectivity index (χ0v) is 13.0. The molecule has 21 heavy (non-hydrogen) atoms. The second kappa shape index (κ2) is 6.64. The molecule has 2 aliphatic rings. The number of aliphatic carboxylic acids is 1. The smallest absolute Gasteiger partial charge is 0.317 e. The third kappa shape index (κ3) is 4.33. The van der Waals surface area contributed by atoms with Gasteiger partial charge in [0.2, 0.25) is 0 Å². The average molecular weight is 297 g/mol. The summed E-state index contributed by atoms with van der Waals surface area (Å²) < 4.78 is 0. The number of carboxylic acid groups (broad SMARTS) is 1. The molecule has 120 valence electrons. The van der Waals surface area contributed by atoms with Crippen LogP contribution in [0.15, 0.2) is 0 Å². The lowest BCUT2D eigenvalue weighted by atomic mass is 9.85. The van der Waals surface area contributed by atoms with Crippen molar-refractivity contribution in [1.29, 1.82) is 0 Å². The van der Waals surface area contributed by atoms with Gasteiger partial charge in [-0.3, -0.25) is 9.69 Å². The van der Waals surface area contributed by atoms with Crippen LogP contribution in [0.3, 0.4) is 0 Å². The van der Waals surface area contributed by atoms with Crippen LogP contribution in [0, 0.1) is 5.41 Å². The summed E-state index contributed by atoms with van der Waals surface area (Å²) in [7, 11) is 0. The van der Waals surface area contributed by atoms with Crippen LogP contribution in [0.25, 0.3) is 0 Å². The van der Waals surface area contributed by atoms with Gasteiger partial charge < -0.3 is 15.7 Å². The molecule has 2 rings (SSSR count). The van der Waals surface area contributed by atoms with Gasteiger partial charge in [-0.15, -0.1) is 0 Å². The topological polar surface area (TPSA) is 81.7 Å². The molecule has 6 nitrogen and oxygen atoms in total. The van der Waals surface area contributed by atoms with E-state index in [4.69, 9.17) is 5.11 Å². The lowest BCUT2D eigenvalue weighted by Gasteiger charge is -2.42. The minimum atomic E-state index is -0.791. The number of hydrogen-bond acceptors (Lipinski definition) is 3. The second-order valence-electron chi connectivity index (χ2n) is 6.46. The number of nitrogens with one attached hydrogen (secondary N) is 2. The van der Waals surface area contributed by atoms with Crippen LogP contribution in [-0.2, 0) is 4.79 Å². The molecule has 2 aliphatic carbocycles. The Labute approximate surface area is 126 Å². The predicted octanol–water partition coefficient (Wildman–Crippen LogP) is 1.41. The number of amides is 2. The van der Waals surface area contributed by atoms with Crippen molar-refractivity contribution in [3.05, 3.63) is 0 Å². The van der Waals surface area contributed by atoms with Gasteiger partial charge in [-0.05, 0) is 44.1 Å². The predicted molar refractivity (Wildman–Crippen MR) is 80.2 cm³/mol. The van der Waals surface area contributed by atoms with E-state index >= 15 is 0 Å². The Balaban J connectivity index is 1.63. The highest BCUT2D eigenvalue weighted by atomic mass is 16.4. The van der Waals surface area contributed by atoms with Crippen LogP contribution in [0.5, 0.6) is 0 Å². The van der Waals surface area contributed by atoms with Crippen molar-refractivity contribution in [1.82, 2.24) is 15.5 Å². The lowest BCUT2D eigenvalue weighted by molar-refractivity contribution is -0.139. The van der Waals surface area contributed by atoms with Gasteiger partial charge in [-0.2, -0.15) is 0 Å². The maximum Gasteiger partial charge on any atom is 0.317 e. The quantitative estimate of drug-likeness (QED) is 0.633. The van der Waals surface area contributed by atoms with Gasteiger partial charge in [-0.25, -0.2) is 4.79 Å². The van der Waals surface area contributed by atoms with Crippen molar-refractivity contribution in [2.24, 2.45) is 5.41 Å². The summed E-state index contributed by atoms with van der Waals surface area (Å²) in [6, 6.07) is 0.371. The molecule has 0 bridgehead atoms. The van der Waals surface area contributed by atoms with Crippen LogP contribution in [0.2, 0.25) is 0 Å². The molecule has 0 aliphatic heterocycles. The van der Waals surface area contributed by atoms with E-state index in [2.05, 4.69) is 17.6 Å². The highest BCUT2D eigenvalue weighted by molar-refractivity contribution is 5.74. The maximum absolute atomic E-state index is 11.8. The van der Waals surface area contributed by atoms with Gasteiger partial charge in [0.05, 0.1) is 6.54 Å². The van der Waals surface area contributed by atoms with Gasteiger partial charge in [-0.1, -0.05) is 13.8 Å². The van der Waals surface area contributed by atoms with Gasteiger partial charge in [0, 0.05) is 18.6 Å². The Kier molecular flexibility index (Phi) is 5.08. The highest BCUT2D eigenvalue weighted by Crippen LogP contribution is 2.47. The van der Waals surface area contributed by atoms with Crippen LogP contribution >= 0.6 is 0 Å². The van der Waals surface area contributed by atoms with E-state index in [9.17, 15) is 9.59 Å². The minimum Gasteiger partial charge on any atom is -0.480 e. The summed E-state index contributed by atoms with van der Waals surface area (Å²) in [6.45, 7) is 5.72. The summed E-state index contributed by atoms with van der Waals surface area (Å²) in [6.07, 6.45) is 5.24. The molecular weight excluding hydrogens is 270 g/mol. The Morgan fingerprint density at radius 3 is 2.43 bits per heavy atom. The van der Waals surface area contributed by atoms with E-state index in [0.717, 1.165) is 32.4 Å². The Hall–Kier alpha value is -1.30. The molecular formula is C15H27N3O3. The lowest BCUT2D eigenvalue weighted by Crippen LogP contribution is -2.56. The number of carboxylic acids is 1. The summed E-state index contributed by atoms with van der Waals surface area (Å²) in [4.78, 5) is 24.5. The molecule has 0 spiro atoms. The fourth-order valence-corrected chi connectivity index (χ4v) is 3.01. The highest BCUT2D eigenvalue weighted by Gasteiger charge is 2.41. The molecule has 0 aromatic heterocycles. The fraction of sp³-hybridized carbons (Fsp3) is 0.867. The van der Waals surface area contributed by atoms with E-state index in [1.54, 1.807) is 0 Å². The van der Waals surface area contributed by atoms with Crippen molar-refractivity contribution in [3.63, 3.8) is 0 Å². The SMILES string of the molecule is CCN(CC(=O)O)C1CC(NC(=O)NCC2(CC)CC2)C1. The molecule has 2 saturated carbocycles. The average Bonchev–Trinajstić information content (AvgIpc) is 3.18. The molecule has 0 heterocycles. The van der Waals surface area contributed by atoms with Gasteiger partial charge in [0.15, 0.2) is 0 Å². The Bertz CT molecular complexity index is 390. The summed E-state index contributed by atoms with van der Waals surface area (Å²) >= 11 is 0. The number of carbonyl (C=O) groups excluding carboxylic acids is 1. The summed E-state index contributed by atoms with van der Waals surface area (Å²) in [5.74, 6) is -0.791. The van der Waals surface area contributed by atoms with Crippen LogP contribution < -0.4 is 10.6 Å². The molecule has 3 N–H and O–H groups in total. The zero-order valence-electron chi connectivity index (χ0n) is 13.0. The molecule has 6 heteroatoms. The van der Waals surface area contributed by atoms with E-state index in [-0.39, 0.29) is 24.7 Å². The van der Waals surface area contributed by atoms with Gasteiger partial charge in [0.1, 0.15) is 0 Å². The summed E-state index contributed by atoms with van der Waals surface area (Å²) in [5.41, 5.74) is 0.361. The van der Waals surface area contributed by atoms with Crippen molar-refractivity contribution >= 4 is 12.0 Å². The van der Waals surface area contributed by atoms with Crippen LogP contribution in [0.1, 0.15) is 46.0 Å². The second-order valence-corrected chi connectivity index (χ2v) is 6.46. The van der Waals surface area contributed by atoms with E-state index < -0.39 is 5.97 Å². The first kappa shape index (κ1) is 16.1. The number of urea groups is 1. The summed E-state index contributed by atoms with van der Waals surface area (Å²) in [5, 5.41) is 14.8. The van der Waals surface area contributed by atoms with Crippen molar-refractivity contribution < 1.29 is 14.7 Å². The number of likely N-dealkylation sites (N-methyl/N-ethyl adjacent to an activating group) is 1. The third-order valence-electron chi connectivity index (χ3n) is 5.04. The van der Waals surface area contributed by atoms with Crippen LogP contribution in [0.4, 0.5) is 4.79 Å². The Morgan fingerprint density at radius 2 is 1.95 bits per heavy atom. The first-order valence-electron chi connectivity index (χ1n) is 7.98. The van der Waals surface area contributed by atoms with Gasteiger partial charge in [0.25, 0.3) is 0 Å². The third-order valence-corrected chi connectivity index (χ3v) is 5.04. The van der Waals surface area contributed by atoms with E-state index in [1.165, 1.54) is 12.8 Å². The minimum absolute atomic E-state index is 0.0824. The maximum atomic E-state index is 11.8. The van der Waals surface area contributed by atoms with Crippen molar-refractivity contribution in [3.8, 4) is 0 Å². The van der Waals surface area contributed by atoms with Crippen LogP contribution in [-0.4, -0.2) is 53.7 Å². The molecule has 0 atom stereocenters. The van der Waals surface area contributed by atoms with Crippen molar-refractivity contribution in [2.75, 3.05) is 19.6 Å². The Morgan fingerprint density at radius 1 is 1.29 bits per heavy atom. The molecule has 2 amide bonds. The van der Waals surface area contributed by atoms with Crippen molar-refractivity contribution in [2.45, 2.75) is 58.0 Å². The van der Waals surface area contributed by atoms with Gasteiger partial charge >= 0.3 is 12.0 Å². The molecule has 0 unspecified atom stereocenters. The molecule has 0 aromatic carbocycles. The number of nitrogens with zero attached hydrogens (tertiary/aromatic N) is 1. The first-order valence-corrected chi connectivity index (χ1v) is 7.98. The molecule has 0 saturated heterocycles. The standard InChI is InChI=1S/C15H27N3O3/c1-3-15(5-6-15)10-16-14(21)17-11-7-12(8-11)18(4-2)9-13(19)20/h11-12H,3-10H2,1-2H3,(H,19,20)(H2,16,17,21). The molecule has 0 radical (unpaired) electrons. The monoisotopic (exact) mass is 297 g/mol. The van der Waals surface area contributed by atoms with E-state index in [1.807, 2.05) is 11.8 Å². The van der Waals surface area contributed by atoms with E-state index in [0.29, 0.717) is 5.41 Å².